The summed E-state index contributed by atoms with van der Waals surface area (Å²) >= 11 is 0. The van der Waals surface area contributed by atoms with Gasteiger partial charge in [-0.2, -0.15) is 0 Å². The highest BCUT2D eigenvalue weighted by Gasteiger charge is 2.17. The van der Waals surface area contributed by atoms with Crippen LogP contribution in [-0.4, -0.2) is 45.0 Å². The Balaban J connectivity index is 2.67. The number of aliphatic hydroxyl groups excluding tert-OH is 1. The standard InChI is InChI=1S/C13H15NO6/c15-6-5-9(13(19)20)14-12(18)4-2-8-1-3-10(16)11(17)7-8/h1-4,7,9,15-17H,5-6H2,(H,14,18)(H,19,20)/b4-2+/t9-/m0/s1. The van der Waals surface area contributed by atoms with Crippen molar-refractivity contribution in [1.29, 1.82) is 0 Å². The second-order valence-corrected chi connectivity index (χ2v) is 3.99. The molecule has 0 bridgehead atoms. The Morgan fingerprint density at radius 1 is 1.25 bits per heavy atom. The van der Waals surface area contributed by atoms with Crippen LogP contribution < -0.4 is 5.32 Å². The number of nitrogens with one attached hydrogen (secondary N) is 1. The Kier molecular flexibility index (Phi) is 5.55. The van der Waals surface area contributed by atoms with Crippen LogP contribution in [0.4, 0.5) is 0 Å². The highest BCUT2D eigenvalue weighted by atomic mass is 16.4. The van der Waals surface area contributed by atoms with Crippen LogP contribution in [0.1, 0.15) is 12.0 Å². The maximum absolute atomic E-state index is 11.5. The maximum atomic E-state index is 11.5. The zero-order chi connectivity index (χ0) is 15.1. The molecule has 1 atom stereocenters. The highest BCUT2D eigenvalue weighted by Crippen LogP contribution is 2.25. The van der Waals surface area contributed by atoms with Crippen LogP contribution in [0.2, 0.25) is 0 Å². The molecule has 0 heterocycles. The van der Waals surface area contributed by atoms with Crippen molar-refractivity contribution < 1.29 is 30.0 Å². The monoisotopic (exact) mass is 281 g/mol. The zero-order valence-corrected chi connectivity index (χ0v) is 10.5. The van der Waals surface area contributed by atoms with Gasteiger partial charge in [0.15, 0.2) is 11.5 Å². The fourth-order valence-corrected chi connectivity index (χ4v) is 1.42. The van der Waals surface area contributed by atoms with Crippen LogP contribution in [0.25, 0.3) is 6.08 Å². The van der Waals surface area contributed by atoms with E-state index in [1.807, 2.05) is 0 Å². The Morgan fingerprint density at radius 2 is 1.95 bits per heavy atom. The van der Waals surface area contributed by atoms with E-state index >= 15 is 0 Å². The van der Waals surface area contributed by atoms with Crippen LogP contribution in [0.5, 0.6) is 11.5 Å². The average molecular weight is 281 g/mol. The smallest absolute Gasteiger partial charge is 0.326 e. The van der Waals surface area contributed by atoms with Gasteiger partial charge in [-0.05, 0) is 23.8 Å². The molecule has 0 spiro atoms. The first-order chi connectivity index (χ1) is 9.43. The van der Waals surface area contributed by atoms with Crippen molar-refractivity contribution in [3.05, 3.63) is 29.8 Å². The van der Waals surface area contributed by atoms with Crippen LogP contribution in [-0.2, 0) is 9.59 Å². The van der Waals surface area contributed by atoms with E-state index in [1.165, 1.54) is 24.3 Å². The van der Waals surface area contributed by atoms with E-state index < -0.39 is 17.9 Å². The van der Waals surface area contributed by atoms with Gasteiger partial charge in [0.2, 0.25) is 5.91 Å². The van der Waals surface area contributed by atoms with Crippen molar-refractivity contribution >= 4 is 18.0 Å². The van der Waals surface area contributed by atoms with Gasteiger partial charge >= 0.3 is 5.97 Å². The molecule has 7 heteroatoms. The zero-order valence-electron chi connectivity index (χ0n) is 10.5. The number of carboxylic acids is 1. The molecule has 108 valence electrons. The SMILES string of the molecule is O=C(/C=C/c1ccc(O)c(O)c1)N[C@@H](CCO)C(=O)O. The summed E-state index contributed by atoms with van der Waals surface area (Å²) in [5.74, 6) is -2.47. The van der Waals surface area contributed by atoms with Crippen molar-refractivity contribution in [2.75, 3.05) is 6.61 Å². The lowest BCUT2D eigenvalue weighted by molar-refractivity contribution is -0.141. The number of aliphatic carboxylic acids is 1. The molecule has 0 saturated carbocycles. The number of hydrogen-bond acceptors (Lipinski definition) is 5. The third kappa shape index (κ3) is 4.62. The molecule has 0 fully saturated rings. The number of benzene rings is 1. The Labute approximate surface area is 114 Å². The lowest BCUT2D eigenvalue weighted by Crippen LogP contribution is -2.40. The Bertz CT molecular complexity index is 526. The van der Waals surface area contributed by atoms with Crippen molar-refractivity contribution in [1.82, 2.24) is 5.32 Å². The van der Waals surface area contributed by atoms with Gasteiger partial charge in [0.1, 0.15) is 6.04 Å². The van der Waals surface area contributed by atoms with Crippen LogP contribution >= 0.6 is 0 Å². The van der Waals surface area contributed by atoms with Crippen molar-refractivity contribution in [3.8, 4) is 11.5 Å². The lowest BCUT2D eigenvalue weighted by atomic mass is 10.2. The molecule has 0 unspecified atom stereocenters. The first kappa shape index (κ1) is 15.5. The third-order valence-electron chi connectivity index (χ3n) is 2.46. The predicted molar refractivity (Wildman–Crippen MR) is 70.1 cm³/mol. The summed E-state index contributed by atoms with van der Waals surface area (Å²) in [6.07, 6.45) is 2.36. The third-order valence-corrected chi connectivity index (χ3v) is 2.46. The molecule has 7 nitrogen and oxygen atoms in total. The molecule has 20 heavy (non-hydrogen) atoms. The van der Waals surface area contributed by atoms with E-state index in [-0.39, 0.29) is 24.5 Å². The number of rotatable bonds is 6. The first-order valence-electron chi connectivity index (χ1n) is 5.78. The van der Waals surface area contributed by atoms with E-state index in [0.717, 1.165) is 6.08 Å². The molecule has 1 rings (SSSR count). The van der Waals surface area contributed by atoms with Gasteiger partial charge in [0.05, 0.1) is 0 Å². The molecule has 1 aromatic rings. The molecule has 0 radical (unpaired) electrons. The number of carbonyl (C=O) groups is 2. The lowest BCUT2D eigenvalue weighted by Gasteiger charge is -2.11. The van der Waals surface area contributed by atoms with Gasteiger partial charge in [-0.1, -0.05) is 6.07 Å². The van der Waals surface area contributed by atoms with Gasteiger partial charge < -0.3 is 25.7 Å². The molecule has 0 aromatic heterocycles. The summed E-state index contributed by atoms with van der Waals surface area (Å²) in [4.78, 5) is 22.3. The average Bonchev–Trinajstić information content (AvgIpc) is 2.39. The molecule has 0 aliphatic rings. The number of hydrogen-bond donors (Lipinski definition) is 5. The number of carbonyl (C=O) groups excluding carboxylic acids is 1. The largest absolute Gasteiger partial charge is 0.504 e. The highest BCUT2D eigenvalue weighted by molar-refractivity contribution is 5.94. The number of amides is 1. The van der Waals surface area contributed by atoms with Gasteiger partial charge in [-0.25, -0.2) is 4.79 Å². The van der Waals surface area contributed by atoms with Crippen molar-refractivity contribution in [3.63, 3.8) is 0 Å². The van der Waals surface area contributed by atoms with Gasteiger partial charge in [0.25, 0.3) is 0 Å². The molecule has 1 amide bonds. The second kappa shape index (κ2) is 7.15. The molecule has 0 aliphatic heterocycles. The van der Waals surface area contributed by atoms with Gasteiger partial charge in [-0.15, -0.1) is 0 Å². The fourth-order valence-electron chi connectivity index (χ4n) is 1.42. The maximum Gasteiger partial charge on any atom is 0.326 e. The summed E-state index contributed by atoms with van der Waals surface area (Å²) in [6, 6.07) is 2.83. The minimum atomic E-state index is -1.23. The topological polar surface area (TPSA) is 127 Å². The fraction of sp³-hybridized carbons (Fsp3) is 0.231. The number of aliphatic hydroxyl groups is 1. The Hall–Kier alpha value is -2.54. The van der Waals surface area contributed by atoms with Crippen molar-refractivity contribution in [2.24, 2.45) is 0 Å². The summed E-state index contributed by atoms with van der Waals surface area (Å²) < 4.78 is 0. The van der Waals surface area contributed by atoms with Gasteiger partial charge in [-0.3, -0.25) is 4.79 Å². The van der Waals surface area contributed by atoms with E-state index in [9.17, 15) is 14.7 Å². The summed E-state index contributed by atoms with van der Waals surface area (Å²) in [6.45, 7) is -0.354. The predicted octanol–water partition coefficient (Wildman–Crippen LogP) is 0.0628. The van der Waals surface area contributed by atoms with E-state index in [1.54, 1.807) is 0 Å². The molecule has 1 aromatic carbocycles. The van der Waals surface area contributed by atoms with Crippen molar-refractivity contribution in [2.45, 2.75) is 12.5 Å². The molecular formula is C13H15NO6. The Morgan fingerprint density at radius 3 is 2.50 bits per heavy atom. The van der Waals surface area contributed by atoms with Crippen LogP contribution in [0.3, 0.4) is 0 Å². The minimum absolute atomic E-state index is 0.0884. The quantitative estimate of drug-likeness (QED) is 0.371. The number of carboxylic acid groups (broad SMARTS) is 1. The second-order valence-electron chi connectivity index (χ2n) is 3.99. The normalized spacial score (nSPS) is 12.2. The van der Waals surface area contributed by atoms with Gasteiger partial charge in [0, 0.05) is 19.1 Å². The molecule has 0 aliphatic carbocycles. The summed E-state index contributed by atoms with van der Waals surface area (Å²) in [5.41, 5.74) is 0.462. The number of aromatic hydroxyl groups is 2. The van der Waals surface area contributed by atoms with E-state index in [4.69, 9.17) is 15.3 Å². The summed E-state index contributed by atoms with van der Waals surface area (Å²) in [7, 11) is 0. The first-order valence-corrected chi connectivity index (χ1v) is 5.78. The minimum Gasteiger partial charge on any atom is -0.504 e. The molecule has 5 N–H and O–H groups in total. The van der Waals surface area contributed by atoms with E-state index in [0.29, 0.717) is 5.56 Å². The molecular weight excluding hydrogens is 266 g/mol. The molecule has 0 saturated heterocycles. The van der Waals surface area contributed by atoms with Crippen LogP contribution in [0, 0.1) is 0 Å². The summed E-state index contributed by atoms with van der Waals surface area (Å²) in [5, 5.41) is 38.1. The number of phenolic OH excluding ortho intramolecular Hbond substituents is 2. The number of phenols is 2. The van der Waals surface area contributed by atoms with Crippen LogP contribution in [0.15, 0.2) is 24.3 Å². The van der Waals surface area contributed by atoms with E-state index in [2.05, 4.69) is 5.32 Å².